The van der Waals surface area contributed by atoms with Gasteiger partial charge in [-0.3, -0.25) is 9.79 Å². The van der Waals surface area contributed by atoms with Crippen molar-refractivity contribution in [3.63, 3.8) is 0 Å². The van der Waals surface area contributed by atoms with E-state index in [2.05, 4.69) is 4.99 Å². The Bertz CT molecular complexity index is 715. The van der Waals surface area contributed by atoms with E-state index >= 15 is 0 Å². The van der Waals surface area contributed by atoms with Crippen LogP contribution in [0.15, 0.2) is 29.3 Å². The number of thioether (sulfide) groups is 2. The fourth-order valence-electron chi connectivity index (χ4n) is 3.07. The lowest BCUT2D eigenvalue weighted by Gasteiger charge is -2.35. The molecule has 0 bridgehead atoms. The van der Waals surface area contributed by atoms with Gasteiger partial charge < -0.3 is 14.4 Å². The smallest absolute Gasteiger partial charge is 0.338 e. The second kappa shape index (κ2) is 9.61. The fraction of sp³-hybridized carbons (Fsp3) is 0.526. The van der Waals surface area contributed by atoms with Gasteiger partial charge in [0.2, 0.25) is 0 Å². The van der Waals surface area contributed by atoms with Crippen LogP contribution in [-0.2, 0) is 20.0 Å². The Kier molecular flexibility index (Phi) is 7.20. The maximum atomic E-state index is 12.5. The highest BCUT2D eigenvalue weighted by Crippen LogP contribution is 2.26. The van der Waals surface area contributed by atoms with Gasteiger partial charge in [0.05, 0.1) is 24.3 Å². The standard InChI is InChI=1S/C19H24N2O4S2/c1-13-9-21(10-14(2)25-13)17(22)11-24-18(23)16-6-4-3-5-15(16)12-27-19-20-7-8-26-19/h3-6,13-14H,7-12H2,1-2H3/t13-,14+. The van der Waals surface area contributed by atoms with Crippen LogP contribution in [0.25, 0.3) is 0 Å². The van der Waals surface area contributed by atoms with Crippen molar-refractivity contribution in [1.29, 1.82) is 0 Å². The lowest BCUT2D eigenvalue weighted by atomic mass is 10.1. The number of carbonyl (C=O) groups is 2. The Morgan fingerprint density at radius 3 is 2.74 bits per heavy atom. The average Bonchev–Trinajstić information content (AvgIpc) is 3.17. The van der Waals surface area contributed by atoms with Crippen LogP contribution in [0.5, 0.6) is 0 Å². The van der Waals surface area contributed by atoms with Crippen LogP contribution in [-0.4, -0.2) is 65.4 Å². The molecule has 0 aromatic heterocycles. The van der Waals surface area contributed by atoms with Crippen LogP contribution in [0, 0.1) is 0 Å². The van der Waals surface area contributed by atoms with E-state index in [1.165, 1.54) is 0 Å². The van der Waals surface area contributed by atoms with Gasteiger partial charge in [-0.2, -0.15) is 0 Å². The summed E-state index contributed by atoms with van der Waals surface area (Å²) in [5, 5.41) is 0. The molecule has 0 N–H and O–H groups in total. The van der Waals surface area contributed by atoms with Crippen LogP contribution in [0.4, 0.5) is 0 Å². The molecule has 1 amide bonds. The maximum Gasteiger partial charge on any atom is 0.338 e. The summed E-state index contributed by atoms with van der Waals surface area (Å²) in [4.78, 5) is 31.0. The van der Waals surface area contributed by atoms with E-state index in [1.54, 1.807) is 40.6 Å². The molecule has 146 valence electrons. The van der Waals surface area contributed by atoms with Crippen molar-refractivity contribution in [3.05, 3.63) is 35.4 Å². The highest BCUT2D eigenvalue weighted by molar-refractivity contribution is 8.38. The molecule has 1 fully saturated rings. The molecular weight excluding hydrogens is 384 g/mol. The third-order valence-electron chi connectivity index (χ3n) is 4.25. The van der Waals surface area contributed by atoms with Crippen molar-refractivity contribution in [3.8, 4) is 0 Å². The van der Waals surface area contributed by atoms with Gasteiger partial charge in [0.1, 0.15) is 4.38 Å². The fourth-order valence-corrected chi connectivity index (χ4v) is 5.08. The minimum absolute atomic E-state index is 0.0116. The Hall–Kier alpha value is -1.51. The van der Waals surface area contributed by atoms with E-state index in [9.17, 15) is 9.59 Å². The summed E-state index contributed by atoms with van der Waals surface area (Å²) >= 11 is 3.37. The monoisotopic (exact) mass is 408 g/mol. The predicted octanol–water partition coefficient (Wildman–Crippen LogP) is 2.82. The number of amides is 1. The normalized spacial score (nSPS) is 22.4. The molecule has 0 radical (unpaired) electrons. The van der Waals surface area contributed by atoms with Crippen LogP contribution in [0.1, 0.15) is 29.8 Å². The van der Waals surface area contributed by atoms with Crippen molar-refractivity contribution >= 4 is 39.8 Å². The number of morpholine rings is 1. The molecular formula is C19H24N2O4S2. The first-order valence-electron chi connectivity index (χ1n) is 9.01. The number of hydrogen-bond acceptors (Lipinski definition) is 7. The summed E-state index contributed by atoms with van der Waals surface area (Å²) in [5.74, 6) is 1.03. The quantitative estimate of drug-likeness (QED) is 0.698. The van der Waals surface area contributed by atoms with Crippen LogP contribution >= 0.6 is 23.5 Å². The van der Waals surface area contributed by atoms with E-state index in [0.717, 1.165) is 22.2 Å². The SMILES string of the molecule is C[C@@H]1CN(C(=O)COC(=O)c2ccccc2CSC2=NCCS2)C[C@H](C)O1. The number of nitrogens with zero attached hydrogens (tertiary/aromatic N) is 2. The molecule has 2 aliphatic rings. The van der Waals surface area contributed by atoms with Crippen molar-refractivity contribution in [2.24, 2.45) is 4.99 Å². The topological polar surface area (TPSA) is 68.2 Å². The van der Waals surface area contributed by atoms with Gasteiger partial charge in [0, 0.05) is 24.6 Å². The Morgan fingerprint density at radius 2 is 2.04 bits per heavy atom. The number of ether oxygens (including phenoxy) is 2. The highest BCUT2D eigenvalue weighted by atomic mass is 32.2. The minimum atomic E-state index is -0.463. The van der Waals surface area contributed by atoms with Gasteiger partial charge >= 0.3 is 5.97 Å². The lowest BCUT2D eigenvalue weighted by Crippen LogP contribution is -2.49. The highest BCUT2D eigenvalue weighted by Gasteiger charge is 2.26. The molecule has 0 saturated carbocycles. The number of rotatable bonds is 5. The predicted molar refractivity (Wildman–Crippen MR) is 109 cm³/mol. The zero-order valence-corrected chi connectivity index (χ0v) is 17.2. The van der Waals surface area contributed by atoms with E-state index in [0.29, 0.717) is 24.4 Å². The van der Waals surface area contributed by atoms with E-state index in [4.69, 9.17) is 9.47 Å². The number of hydrogen-bond donors (Lipinski definition) is 0. The van der Waals surface area contributed by atoms with Crippen LogP contribution in [0.3, 0.4) is 0 Å². The first kappa shape index (κ1) is 20.2. The molecule has 3 rings (SSSR count). The van der Waals surface area contributed by atoms with E-state index in [1.807, 2.05) is 26.0 Å². The van der Waals surface area contributed by atoms with Crippen molar-refractivity contribution in [2.45, 2.75) is 31.8 Å². The summed E-state index contributed by atoms with van der Waals surface area (Å²) in [6.07, 6.45) is -0.0231. The van der Waals surface area contributed by atoms with Crippen LogP contribution < -0.4 is 0 Å². The summed E-state index contributed by atoms with van der Waals surface area (Å²) in [6.45, 7) is 5.52. The molecule has 0 unspecified atom stereocenters. The zero-order valence-electron chi connectivity index (χ0n) is 15.6. The molecule has 1 saturated heterocycles. The number of benzene rings is 1. The first-order valence-corrected chi connectivity index (χ1v) is 11.0. The molecule has 2 aliphatic heterocycles. The maximum absolute atomic E-state index is 12.5. The largest absolute Gasteiger partial charge is 0.452 e. The zero-order chi connectivity index (χ0) is 19.2. The number of esters is 1. The summed E-state index contributed by atoms with van der Waals surface area (Å²) in [5.41, 5.74) is 1.40. The number of carbonyl (C=O) groups excluding carboxylic acids is 2. The van der Waals surface area contributed by atoms with Gasteiger partial charge in [0.25, 0.3) is 5.91 Å². The Morgan fingerprint density at radius 1 is 1.30 bits per heavy atom. The van der Waals surface area contributed by atoms with Gasteiger partial charge in [0.15, 0.2) is 6.61 Å². The van der Waals surface area contributed by atoms with Gasteiger partial charge in [-0.15, -0.1) is 0 Å². The first-order chi connectivity index (χ1) is 13.0. The molecule has 1 aromatic carbocycles. The van der Waals surface area contributed by atoms with Crippen molar-refractivity contribution < 1.29 is 19.1 Å². The van der Waals surface area contributed by atoms with E-state index in [-0.39, 0.29) is 24.7 Å². The van der Waals surface area contributed by atoms with Crippen molar-refractivity contribution in [1.82, 2.24) is 4.90 Å². The molecule has 8 heteroatoms. The molecule has 2 atom stereocenters. The third kappa shape index (κ3) is 5.73. The van der Waals surface area contributed by atoms with Gasteiger partial charge in [-0.05, 0) is 25.5 Å². The van der Waals surface area contributed by atoms with Crippen LogP contribution in [0.2, 0.25) is 0 Å². The minimum Gasteiger partial charge on any atom is -0.452 e. The molecule has 27 heavy (non-hydrogen) atoms. The summed E-state index contributed by atoms with van der Waals surface area (Å²) < 4.78 is 12.0. The molecule has 1 aromatic rings. The van der Waals surface area contributed by atoms with E-state index < -0.39 is 5.97 Å². The second-order valence-electron chi connectivity index (χ2n) is 6.57. The Labute approximate surface area is 168 Å². The summed E-state index contributed by atoms with van der Waals surface area (Å²) in [6, 6.07) is 7.36. The molecule has 0 aliphatic carbocycles. The molecule has 2 heterocycles. The van der Waals surface area contributed by atoms with Gasteiger partial charge in [-0.1, -0.05) is 41.7 Å². The Balaban J connectivity index is 1.55. The lowest BCUT2D eigenvalue weighted by molar-refractivity contribution is -0.146. The molecule has 0 spiro atoms. The average molecular weight is 409 g/mol. The third-order valence-corrected chi connectivity index (χ3v) is 6.55. The number of aliphatic imine (C=N–C) groups is 1. The summed E-state index contributed by atoms with van der Waals surface area (Å²) in [7, 11) is 0. The molecule has 6 nitrogen and oxygen atoms in total. The van der Waals surface area contributed by atoms with Gasteiger partial charge in [-0.25, -0.2) is 4.79 Å². The second-order valence-corrected chi connectivity index (χ2v) is 8.88. The van der Waals surface area contributed by atoms with Crippen molar-refractivity contribution in [2.75, 3.05) is 32.0 Å².